The van der Waals surface area contributed by atoms with Gasteiger partial charge in [-0.25, -0.2) is 8.78 Å². The summed E-state index contributed by atoms with van der Waals surface area (Å²) in [5.41, 5.74) is 5.87. The Balaban J connectivity index is 1.96. The lowest BCUT2D eigenvalue weighted by Crippen LogP contribution is -2.24. The smallest absolute Gasteiger partial charge is 0.183 e. The fraction of sp³-hybridized carbons (Fsp3) is 0.538. The number of aliphatic hydroxyl groups excluding tert-OH is 1. The van der Waals surface area contributed by atoms with Gasteiger partial charge in [-0.3, -0.25) is 0 Å². The third kappa shape index (κ3) is 2.90. The molecule has 1 saturated carbocycles. The van der Waals surface area contributed by atoms with Crippen LogP contribution in [0.15, 0.2) is 12.1 Å². The third-order valence-corrected chi connectivity index (χ3v) is 3.51. The van der Waals surface area contributed by atoms with Crippen LogP contribution < -0.4 is 11.1 Å². The first-order chi connectivity index (χ1) is 8.58. The van der Waals surface area contributed by atoms with E-state index in [1.807, 2.05) is 0 Å². The molecule has 1 aromatic rings. The molecular formula is C13H18F2N2O. The van der Waals surface area contributed by atoms with Crippen molar-refractivity contribution in [3.8, 4) is 0 Å². The average molecular weight is 256 g/mol. The maximum absolute atomic E-state index is 13.5. The predicted octanol–water partition coefficient (Wildman–Crippen LogP) is 2.51. The zero-order valence-electron chi connectivity index (χ0n) is 10.1. The zero-order valence-corrected chi connectivity index (χ0v) is 10.1. The number of hydrogen-bond acceptors (Lipinski definition) is 3. The lowest BCUT2D eigenvalue weighted by atomic mass is 9.87. The zero-order chi connectivity index (χ0) is 13.1. The van der Waals surface area contributed by atoms with Crippen LogP contribution in [-0.4, -0.2) is 17.8 Å². The van der Waals surface area contributed by atoms with Crippen molar-refractivity contribution in [1.82, 2.24) is 0 Å². The van der Waals surface area contributed by atoms with Gasteiger partial charge >= 0.3 is 0 Å². The summed E-state index contributed by atoms with van der Waals surface area (Å²) in [7, 11) is 0. The van der Waals surface area contributed by atoms with Crippen LogP contribution in [0.25, 0.3) is 0 Å². The van der Waals surface area contributed by atoms with Crippen LogP contribution in [0.4, 0.5) is 20.2 Å². The standard InChI is InChI=1S/C13H18F2N2O/c14-10-5-6-11(16)13(12(10)15)17-7-8-1-3-9(18)4-2-8/h5-6,8-9,17-18H,1-4,7,16H2. The molecule has 0 spiro atoms. The van der Waals surface area contributed by atoms with E-state index in [0.29, 0.717) is 12.5 Å². The molecule has 2 rings (SSSR count). The molecule has 1 aromatic carbocycles. The summed E-state index contributed by atoms with van der Waals surface area (Å²) in [5, 5.41) is 12.3. The minimum absolute atomic E-state index is 0.0427. The Kier molecular flexibility index (Phi) is 4.01. The molecule has 0 amide bonds. The van der Waals surface area contributed by atoms with Gasteiger partial charge < -0.3 is 16.2 Å². The van der Waals surface area contributed by atoms with Gasteiger partial charge in [-0.15, -0.1) is 0 Å². The summed E-state index contributed by atoms with van der Waals surface area (Å²) in [6.45, 7) is 0.553. The first-order valence-corrected chi connectivity index (χ1v) is 6.23. The molecule has 0 aromatic heterocycles. The molecule has 18 heavy (non-hydrogen) atoms. The average Bonchev–Trinajstić information content (AvgIpc) is 2.36. The number of aliphatic hydroxyl groups is 1. The van der Waals surface area contributed by atoms with E-state index < -0.39 is 11.6 Å². The van der Waals surface area contributed by atoms with Crippen LogP contribution in [0.3, 0.4) is 0 Å². The first kappa shape index (κ1) is 13.1. The highest BCUT2D eigenvalue weighted by Crippen LogP contribution is 2.28. The van der Waals surface area contributed by atoms with Gasteiger partial charge in [0.05, 0.1) is 17.5 Å². The molecular weight excluding hydrogens is 238 g/mol. The first-order valence-electron chi connectivity index (χ1n) is 6.23. The van der Waals surface area contributed by atoms with E-state index in [-0.39, 0.29) is 17.5 Å². The van der Waals surface area contributed by atoms with Crippen LogP contribution in [0.1, 0.15) is 25.7 Å². The number of nitrogens with one attached hydrogen (secondary N) is 1. The molecule has 0 aliphatic heterocycles. The van der Waals surface area contributed by atoms with Gasteiger partial charge in [0.2, 0.25) is 0 Å². The van der Waals surface area contributed by atoms with Crippen LogP contribution in [-0.2, 0) is 0 Å². The predicted molar refractivity (Wildman–Crippen MR) is 67.2 cm³/mol. The van der Waals surface area contributed by atoms with Crippen molar-refractivity contribution < 1.29 is 13.9 Å². The Morgan fingerprint density at radius 3 is 2.56 bits per heavy atom. The van der Waals surface area contributed by atoms with Crippen molar-refractivity contribution in [3.05, 3.63) is 23.8 Å². The molecule has 1 fully saturated rings. The largest absolute Gasteiger partial charge is 0.397 e. The minimum Gasteiger partial charge on any atom is -0.397 e. The number of anilines is 2. The minimum atomic E-state index is -0.925. The molecule has 1 aliphatic carbocycles. The Morgan fingerprint density at radius 2 is 1.89 bits per heavy atom. The maximum atomic E-state index is 13.5. The fourth-order valence-corrected chi connectivity index (χ4v) is 2.34. The Morgan fingerprint density at radius 1 is 1.22 bits per heavy atom. The normalized spacial score (nSPS) is 23.9. The van der Waals surface area contributed by atoms with Crippen molar-refractivity contribution in [2.75, 3.05) is 17.6 Å². The fourth-order valence-electron chi connectivity index (χ4n) is 2.34. The van der Waals surface area contributed by atoms with Crippen molar-refractivity contribution in [1.29, 1.82) is 0 Å². The maximum Gasteiger partial charge on any atom is 0.183 e. The number of hydrogen-bond donors (Lipinski definition) is 3. The highest BCUT2D eigenvalue weighted by molar-refractivity contribution is 5.66. The third-order valence-electron chi connectivity index (χ3n) is 3.51. The summed E-state index contributed by atoms with van der Waals surface area (Å²) in [6, 6.07) is 2.37. The van der Waals surface area contributed by atoms with Crippen LogP contribution in [0.2, 0.25) is 0 Å². The van der Waals surface area contributed by atoms with Crippen LogP contribution in [0, 0.1) is 17.6 Å². The van der Waals surface area contributed by atoms with Gasteiger partial charge in [0, 0.05) is 6.54 Å². The number of nitrogens with two attached hydrogens (primary N) is 1. The van der Waals surface area contributed by atoms with Crippen molar-refractivity contribution in [2.24, 2.45) is 5.92 Å². The Bertz CT molecular complexity index is 418. The van der Waals surface area contributed by atoms with Gasteiger partial charge in [0.15, 0.2) is 11.6 Å². The van der Waals surface area contributed by atoms with Crippen molar-refractivity contribution >= 4 is 11.4 Å². The number of halogens is 2. The topological polar surface area (TPSA) is 58.3 Å². The number of nitrogen functional groups attached to an aromatic ring is 1. The summed E-state index contributed by atoms with van der Waals surface area (Å²) in [5.74, 6) is -1.45. The lowest BCUT2D eigenvalue weighted by Gasteiger charge is -2.26. The summed E-state index contributed by atoms with van der Waals surface area (Å²) in [6.07, 6.45) is 3.12. The van der Waals surface area contributed by atoms with E-state index in [1.54, 1.807) is 0 Å². The monoisotopic (exact) mass is 256 g/mol. The molecule has 0 radical (unpaired) electrons. The number of benzene rings is 1. The van der Waals surface area contributed by atoms with Gasteiger partial charge in [-0.05, 0) is 43.7 Å². The Labute approximate surface area is 105 Å². The van der Waals surface area contributed by atoms with E-state index in [0.717, 1.165) is 31.7 Å². The van der Waals surface area contributed by atoms with Gasteiger partial charge in [-0.1, -0.05) is 0 Å². The summed E-state index contributed by atoms with van der Waals surface area (Å²) >= 11 is 0. The van der Waals surface area contributed by atoms with Crippen molar-refractivity contribution in [3.63, 3.8) is 0 Å². The van der Waals surface area contributed by atoms with Crippen molar-refractivity contribution in [2.45, 2.75) is 31.8 Å². The molecule has 1 aliphatic rings. The quantitative estimate of drug-likeness (QED) is 0.728. The van der Waals surface area contributed by atoms with E-state index in [4.69, 9.17) is 5.73 Å². The molecule has 0 atom stereocenters. The molecule has 4 N–H and O–H groups in total. The van der Waals surface area contributed by atoms with Gasteiger partial charge in [-0.2, -0.15) is 0 Å². The molecule has 0 saturated heterocycles. The highest BCUT2D eigenvalue weighted by Gasteiger charge is 2.20. The van der Waals surface area contributed by atoms with Gasteiger partial charge in [0.1, 0.15) is 0 Å². The molecule has 5 heteroatoms. The molecule has 100 valence electrons. The van der Waals surface area contributed by atoms with Crippen LogP contribution in [0.5, 0.6) is 0 Å². The summed E-state index contributed by atoms with van der Waals surface area (Å²) < 4.78 is 26.6. The van der Waals surface area contributed by atoms with Gasteiger partial charge in [0.25, 0.3) is 0 Å². The van der Waals surface area contributed by atoms with E-state index >= 15 is 0 Å². The van der Waals surface area contributed by atoms with Crippen LogP contribution >= 0.6 is 0 Å². The lowest BCUT2D eigenvalue weighted by molar-refractivity contribution is 0.111. The molecule has 3 nitrogen and oxygen atoms in total. The highest BCUT2D eigenvalue weighted by atomic mass is 19.2. The second-order valence-electron chi connectivity index (χ2n) is 4.88. The van der Waals surface area contributed by atoms with E-state index in [1.165, 1.54) is 6.07 Å². The van der Waals surface area contributed by atoms with E-state index in [2.05, 4.69) is 5.32 Å². The summed E-state index contributed by atoms with van der Waals surface area (Å²) in [4.78, 5) is 0. The molecule has 0 unspecified atom stereocenters. The molecule has 0 heterocycles. The SMILES string of the molecule is Nc1ccc(F)c(F)c1NCC1CCC(O)CC1. The second kappa shape index (κ2) is 5.52. The number of rotatable bonds is 3. The molecule has 0 bridgehead atoms. The Hall–Kier alpha value is -1.36. The second-order valence-corrected chi connectivity index (χ2v) is 4.88. The van der Waals surface area contributed by atoms with E-state index in [9.17, 15) is 13.9 Å².